The maximum absolute atomic E-state index is 14.2. The Balaban J connectivity index is 1.67. The van der Waals surface area contributed by atoms with Crippen LogP contribution in [0.2, 0.25) is 5.02 Å². The van der Waals surface area contributed by atoms with Crippen molar-refractivity contribution in [2.75, 3.05) is 61.1 Å². The van der Waals surface area contributed by atoms with Crippen LogP contribution >= 0.6 is 11.6 Å². The number of likely N-dealkylation sites (N-methyl/N-ethyl adjacent to an activating group) is 1. The van der Waals surface area contributed by atoms with Crippen molar-refractivity contribution in [1.82, 2.24) is 19.9 Å². The van der Waals surface area contributed by atoms with E-state index < -0.39 is 17.6 Å². The summed E-state index contributed by atoms with van der Waals surface area (Å²) < 4.78 is 15.6. The number of carbonyl (C=O) groups is 2. The van der Waals surface area contributed by atoms with Crippen molar-refractivity contribution in [1.29, 1.82) is 0 Å². The van der Waals surface area contributed by atoms with Crippen molar-refractivity contribution < 1.29 is 19.1 Å². The molecule has 2 aromatic carbocycles. The average molecular weight is 531 g/mol. The quantitative estimate of drug-likeness (QED) is 0.341. The molecule has 0 bridgehead atoms. The number of rotatable bonds is 7. The molecule has 4 rings (SSSR count). The molecule has 0 aliphatic carbocycles. The number of nitrogens with two attached hydrogens (primary N) is 1. The molecule has 0 unspecified atom stereocenters. The minimum absolute atomic E-state index is 0.0129. The van der Waals surface area contributed by atoms with Crippen LogP contribution in [0.3, 0.4) is 0 Å². The van der Waals surface area contributed by atoms with Crippen LogP contribution in [-0.4, -0.2) is 76.6 Å². The number of piperazine rings is 1. The molecule has 0 spiro atoms. The Morgan fingerprint density at radius 3 is 2.62 bits per heavy atom. The van der Waals surface area contributed by atoms with Gasteiger partial charge in [0.25, 0.3) is 5.91 Å². The van der Waals surface area contributed by atoms with Gasteiger partial charge in [0, 0.05) is 31.7 Å². The molecule has 1 aliphatic rings. The van der Waals surface area contributed by atoms with Crippen molar-refractivity contribution in [3.8, 4) is 5.69 Å². The summed E-state index contributed by atoms with van der Waals surface area (Å²) in [5.74, 6) is -1.37. The normalized spacial score (nSPS) is 14.0. The zero-order valence-electron chi connectivity index (χ0n) is 20.5. The molecule has 3 aromatic rings. The van der Waals surface area contributed by atoms with Crippen LogP contribution in [0.5, 0.6) is 0 Å². The minimum Gasteiger partial charge on any atom is -0.396 e. The third-order valence-electron chi connectivity index (χ3n) is 6.13. The smallest absolute Gasteiger partial charge is 0.257 e. The first-order valence-electron chi connectivity index (χ1n) is 11.6. The van der Waals surface area contributed by atoms with Gasteiger partial charge in [-0.3, -0.25) is 9.59 Å². The highest BCUT2D eigenvalue weighted by Crippen LogP contribution is 2.32. The van der Waals surface area contributed by atoms with Gasteiger partial charge in [0.15, 0.2) is 11.6 Å². The summed E-state index contributed by atoms with van der Waals surface area (Å²) in [5, 5.41) is 22.4. The number of hydrogen-bond donors (Lipinski definition) is 4. The van der Waals surface area contributed by atoms with Crippen LogP contribution in [0, 0.1) is 12.7 Å². The van der Waals surface area contributed by atoms with Crippen LogP contribution in [0.25, 0.3) is 5.69 Å². The summed E-state index contributed by atoms with van der Waals surface area (Å²) in [6.07, 6.45) is 1.46. The number of amides is 2. The topological polar surface area (TPSA) is 142 Å². The van der Waals surface area contributed by atoms with Gasteiger partial charge in [-0.1, -0.05) is 16.8 Å². The van der Waals surface area contributed by atoms with Crippen molar-refractivity contribution in [3.05, 3.63) is 52.4 Å². The summed E-state index contributed by atoms with van der Waals surface area (Å²) in [7, 11) is 2.05. The predicted octanol–water partition coefficient (Wildman–Crippen LogP) is 2.28. The molecule has 13 heteroatoms. The lowest BCUT2D eigenvalue weighted by atomic mass is 10.1. The summed E-state index contributed by atoms with van der Waals surface area (Å²) >= 11 is 6.29. The molecular formula is C24H28ClFN8O3. The lowest BCUT2D eigenvalue weighted by molar-refractivity contribution is -0.116. The van der Waals surface area contributed by atoms with E-state index in [4.69, 9.17) is 22.4 Å². The third kappa shape index (κ3) is 5.82. The summed E-state index contributed by atoms with van der Waals surface area (Å²) in [6, 6.07) is 6.64. The molecule has 1 fully saturated rings. The molecule has 0 atom stereocenters. The minimum atomic E-state index is -0.658. The second kappa shape index (κ2) is 11.1. The number of aromatic nitrogens is 3. The van der Waals surface area contributed by atoms with Crippen molar-refractivity contribution in [3.63, 3.8) is 0 Å². The van der Waals surface area contributed by atoms with Crippen LogP contribution in [-0.2, 0) is 4.79 Å². The Kier molecular flexibility index (Phi) is 7.91. The first-order valence-corrected chi connectivity index (χ1v) is 12.0. The van der Waals surface area contributed by atoms with E-state index in [1.54, 1.807) is 6.07 Å². The Morgan fingerprint density at radius 2 is 1.92 bits per heavy atom. The highest BCUT2D eigenvalue weighted by Gasteiger charge is 2.22. The fourth-order valence-corrected chi connectivity index (χ4v) is 4.22. The lowest BCUT2D eigenvalue weighted by Gasteiger charge is -2.35. The Labute approximate surface area is 218 Å². The molecule has 0 radical (unpaired) electrons. The monoisotopic (exact) mass is 530 g/mol. The van der Waals surface area contributed by atoms with Crippen LogP contribution in [0.4, 0.5) is 27.3 Å². The number of anilines is 4. The van der Waals surface area contributed by atoms with E-state index >= 15 is 0 Å². The molecule has 1 aliphatic heterocycles. The number of hydrogen-bond acceptors (Lipinski definition) is 8. The maximum atomic E-state index is 14.2. The molecule has 1 aromatic heterocycles. The highest BCUT2D eigenvalue weighted by atomic mass is 35.5. The standard InChI is InChI=1S/C24H28ClFN8O3/c1-14-22(25)16(12-17(27)23(14)26)24(37)28-18-11-15(3-4-19(18)33-8-6-32(2)7-9-33)34-13-20(30-31-34)29-21(36)5-10-35/h3-4,11-13,35H,5-10,27H2,1-2H3,(H,28,37)(H,29,36). The van der Waals surface area contributed by atoms with Crippen LogP contribution in [0.15, 0.2) is 30.5 Å². The molecule has 5 N–H and O–H groups in total. The number of aliphatic hydroxyl groups excluding tert-OH is 1. The lowest BCUT2D eigenvalue weighted by Crippen LogP contribution is -2.44. The molecule has 1 saturated heterocycles. The molecule has 2 heterocycles. The van der Waals surface area contributed by atoms with Gasteiger partial charge in [-0.25, -0.2) is 9.07 Å². The van der Waals surface area contributed by atoms with E-state index in [9.17, 15) is 14.0 Å². The van der Waals surface area contributed by atoms with E-state index in [1.165, 1.54) is 23.9 Å². The van der Waals surface area contributed by atoms with Gasteiger partial charge < -0.3 is 31.3 Å². The Bertz CT molecular complexity index is 1320. The van der Waals surface area contributed by atoms with Crippen LogP contribution in [0.1, 0.15) is 22.3 Å². The molecule has 196 valence electrons. The number of nitrogen functional groups attached to an aromatic ring is 1. The number of nitrogens with zero attached hydrogens (tertiary/aromatic N) is 5. The van der Waals surface area contributed by atoms with Crippen molar-refractivity contribution >= 4 is 46.3 Å². The fraction of sp³-hybridized carbons (Fsp3) is 0.333. The van der Waals surface area contributed by atoms with E-state index in [-0.39, 0.29) is 40.7 Å². The first kappa shape index (κ1) is 26.3. The molecule has 11 nitrogen and oxygen atoms in total. The first-order chi connectivity index (χ1) is 17.7. The van der Waals surface area contributed by atoms with Gasteiger partial charge in [0.1, 0.15) is 0 Å². The van der Waals surface area contributed by atoms with E-state index in [2.05, 4.69) is 30.7 Å². The molecular weight excluding hydrogens is 503 g/mol. The van der Waals surface area contributed by atoms with E-state index in [0.29, 0.717) is 11.4 Å². The van der Waals surface area contributed by atoms with Gasteiger partial charge in [-0.2, -0.15) is 0 Å². The number of nitrogens with one attached hydrogen (secondary N) is 2. The Hall–Kier alpha value is -3.74. The zero-order chi connectivity index (χ0) is 26.7. The molecule has 37 heavy (non-hydrogen) atoms. The number of aliphatic hydroxyl groups is 1. The molecule has 0 saturated carbocycles. The van der Waals surface area contributed by atoms with Gasteiger partial charge >= 0.3 is 0 Å². The molecule has 2 amide bonds. The second-order valence-corrected chi connectivity index (χ2v) is 9.16. The Morgan fingerprint density at radius 1 is 1.19 bits per heavy atom. The van der Waals surface area contributed by atoms with Crippen LogP contribution < -0.4 is 21.3 Å². The maximum Gasteiger partial charge on any atom is 0.257 e. The second-order valence-electron chi connectivity index (χ2n) is 8.78. The average Bonchev–Trinajstić information content (AvgIpc) is 3.34. The largest absolute Gasteiger partial charge is 0.396 e. The van der Waals surface area contributed by atoms with E-state index in [0.717, 1.165) is 31.9 Å². The summed E-state index contributed by atoms with van der Waals surface area (Å²) in [4.78, 5) is 29.4. The SMILES string of the molecule is Cc1c(F)c(N)cc(C(=O)Nc2cc(-n3cc(NC(=O)CCO)nn3)ccc2N2CCN(C)CC2)c1Cl. The zero-order valence-corrected chi connectivity index (χ0v) is 21.2. The van der Waals surface area contributed by atoms with Crippen molar-refractivity contribution in [2.45, 2.75) is 13.3 Å². The summed E-state index contributed by atoms with van der Waals surface area (Å²) in [6.45, 7) is 4.41. The fourth-order valence-electron chi connectivity index (χ4n) is 4.00. The number of carbonyl (C=O) groups excluding carboxylic acids is 2. The van der Waals surface area contributed by atoms with Gasteiger partial charge in [-0.15, -0.1) is 5.10 Å². The van der Waals surface area contributed by atoms with Gasteiger partial charge in [0.2, 0.25) is 5.91 Å². The summed E-state index contributed by atoms with van der Waals surface area (Å²) in [5.41, 5.74) is 7.59. The third-order valence-corrected chi connectivity index (χ3v) is 6.62. The van der Waals surface area contributed by atoms with E-state index in [1.807, 2.05) is 19.2 Å². The number of benzene rings is 2. The van der Waals surface area contributed by atoms with Gasteiger partial charge in [-0.05, 0) is 38.2 Å². The van der Waals surface area contributed by atoms with Gasteiger partial charge in [0.05, 0.1) is 52.6 Å². The predicted molar refractivity (Wildman–Crippen MR) is 140 cm³/mol. The highest BCUT2D eigenvalue weighted by molar-refractivity contribution is 6.35. The van der Waals surface area contributed by atoms with Crippen molar-refractivity contribution in [2.24, 2.45) is 0 Å². The number of halogens is 2.